The van der Waals surface area contributed by atoms with E-state index in [4.69, 9.17) is 4.74 Å². The number of carbonyl (C=O) groups is 4. The molecule has 0 bridgehead atoms. The zero-order valence-electron chi connectivity index (χ0n) is 16.0. The molecule has 0 aliphatic carbocycles. The minimum Gasteiger partial charge on any atom is -0.467 e. The van der Waals surface area contributed by atoms with Gasteiger partial charge in [-0.25, -0.2) is 4.79 Å². The molecule has 0 saturated heterocycles. The molecule has 1 unspecified atom stereocenters. The third-order valence-electron chi connectivity index (χ3n) is 3.57. The minimum atomic E-state index is -0.803. The van der Waals surface area contributed by atoms with Gasteiger partial charge in [-0.05, 0) is 31.4 Å². The molecule has 0 saturated carbocycles. The standard InChI is InChI=1S/C19H26N2O6/c1-12(2)8-15(19(25)26-4)21-16(22)11-27-17(23)10-20-18(24)14-7-5-6-13(3)9-14/h5-7,9,12,15H,8,10-11H2,1-4H3,(H,20,24)(H,21,22). The number of esters is 2. The van der Waals surface area contributed by atoms with Crippen molar-refractivity contribution in [3.8, 4) is 0 Å². The molecule has 1 aromatic rings. The van der Waals surface area contributed by atoms with Gasteiger partial charge >= 0.3 is 11.9 Å². The summed E-state index contributed by atoms with van der Waals surface area (Å²) in [7, 11) is 1.23. The Balaban J connectivity index is 2.41. The molecule has 0 spiro atoms. The summed E-state index contributed by atoms with van der Waals surface area (Å²) in [5, 5.41) is 4.90. The van der Waals surface area contributed by atoms with E-state index in [1.54, 1.807) is 18.2 Å². The Labute approximate surface area is 158 Å². The fourth-order valence-electron chi connectivity index (χ4n) is 2.30. The van der Waals surface area contributed by atoms with Crippen LogP contribution in [0, 0.1) is 12.8 Å². The maximum atomic E-state index is 11.9. The maximum absolute atomic E-state index is 11.9. The highest BCUT2D eigenvalue weighted by molar-refractivity contribution is 5.96. The van der Waals surface area contributed by atoms with Gasteiger partial charge in [0.05, 0.1) is 7.11 Å². The number of aryl methyl sites for hydroxylation is 1. The van der Waals surface area contributed by atoms with Crippen molar-refractivity contribution in [2.45, 2.75) is 33.2 Å². The molecule has 27 heavy (non-hydrogen) atoms. The molecule has 2 N–H and O–H groups in total. The van der Waals surface area contributed by atoms with Gasteiger partial charge < -0.3 is 20.1 Å². The van der Waals surface area contributed by atoms with Crippen molar-refractivity contribution in [2.24, 2.45) is 5.92 Å². The molecule has 148 valence electrons. The first-order chi connectivity index (χ1) is 12.7. The van der Waals surface area contributed by atoms with E-state index >= 15 is 0 Å². The first-order valence-electron chi connectivity index (χ1n) is 8.60. The van der Waals surface area contributed by atoms with Gasteiger partial charge in [-0.15, -0.1) is 0 Å². The molecular formula is C19H26N2O6. The normalized spacial score (nSPS) is 11.4. The highest BCUT2D eigenvalue weighted by atomic mass is 16.5. The Bertz CT molecular complexity index is 687. The number of methoxy groups -OCH3 is 1. The van der Waals surface area contributed by atoms with E-state index in [2.05, 4.69) is 15.4 Å². The van der Waals surface area contributed by atoms with Gasteiger partial charge in [-0.2, -0.15) is 0 Å². The van der Waals surface area contributed by atoms with Crippen LogP contribution in [0.15, 0.2) is 24.3 Å². The van der Waals surface area contributed by atoms with Crippen molar-refractivity contribution in [2.75, 3.05) is 20.3 Å². The van der Waals surface area contributed by atoms with Crippen LogP contribution in [0.1, 0.15) is 36.2 Å². The lowest BCUT2D eigenvalue weighted by Gasteiger charge is -2.18. The second-order valence-corrected chi connectivity index (χ2v) is 6.49. The topological polar surface area (TPSA) is 111 Å². The second-order valence-electron chi connectivity index (χ2n) is 6.49. The van der Waals surface area contributed by atoms with Crippen molar-refractivity contribution >= 4 is 23.8 Å². The Morgan fingerprint density at radius 1 is 1.15 bits per heavy atom. The molecule has 0 heterocycles. The lowest BCUT2D eigenvalue weighted by Crippen LogP contribution is -2.44. The highest BCUT2D eigenvalue weighted by Gasteiger charge is 2.23. The fraction of sp³-hybridized carbons (Fsp3) is 0.474. The third-order valence-corrected chi connectivity index (χ3v) is 3.57. The summed E-state index contributed by atoms with van der Waals surface area (Å²) >= 11 is 0. The van der Waals surface area contributed by atoms with Crippen molar-refractivity contribution < 1.29 is 28.7 Å². The molecule has 2 amide bonds. The predicted molar refractivity (Wildman–Crippen MR) is 97.9 cm³/mol. The first-order valence-corrected chi connectivity index (χ1v) is 8.60. The van der Waals surface area contributed by atoms with Crippen LogP contribution in [-0.2, 0) is 23.9 Å². The Morgan fingerprint density at radius 2 is 1.85 bits per heavy atom. The number of carbonyl (C=O) groups excluding carboxylic acids is 4. The van der Waals surface area contributed by atoms with Crippen molar-refractivity contribution in [3.63, 3.8) is 0 Å². The zero-order chi connectivity index (χ0) is 20.4. The number of hydrogen-bond donors (Lipinski definition) is 2. The summed E-state index contributed by atoms with van der Waals surface area (Å²) in [6.45, 7) is 4.74. The van der Waals surface area contributed by atoms with Gasteiger partial charge in [0.2, 0.25) is 0 Å². The molecule has 0 aromatic heterocycles. The molecule has 1 aromatic carbocycles. The van der Waals surface area contributed by atoms with Gasteiger partial charge in [0.25, 0.3) is 11.8 Å². The summed E-state index contributed by atoms with van der Waals surface area (Å²) in [4.78, 5) is 47.2. The summed E-state index contributed by atoms with van der Waals surface area (Å²) in [5.41, 5.74) is 1.35. The van der Waals surface area contributed by atoms with Gasteiger partial charge in [-0.1, -0.05) is 31.5 Å². The van der Waals surface area contributed by atoms with Crippen LogP contribution >= 0.6 is 0 Å². The minimum absolute atomic E-state index is 0.161. The first kappa shape index (κ1) is 22.1. The number of ether oxygens (including phenoxy) is 2. The smallest absolute Gasteiger partial charge is 0.328 e. The monoisotopic (exact) mass is 378 g/mol. The molecular weight excluding hydrogens is 352 g/mol. The SMILES string of the molecule is COC(=O)C(CC(C)C)NC(=O)COC(=O)CNC(=O)c1cccc(C)c1. The van der Waals surface area contributed by atoms with Crippen molar-refractivity contribution in [1.29, 1.82) is 0 Å². The van der Waals surface area contributed by atoms with Gasteiger partial charge in [0.1, 0.15) is 12.6 Å². The van der Waals surface area contributed by atoms with Crippen molar-refractivity contribution in [3.05, 3.63) is 35.4 Å². The number of rotatable bonds is 9. The Hall–Kier alpha value is -2.90. The van der Waals surface area contributed by atoms with Crippen LogP contribution in [0.2, 0.25) is 0 Å². The number of amides is 2. The zero-order valence-corrected chi connectivity index (χ0v) is 16.0. The lowest BCUT2D eigenvalue weighted by molar-refractivity contribution is -0.149. The molecule has 0 aliphatic heterocycles. The molecule has 1 atom stereocenters. The number of hydrogen-bond acceptors (Lipinski definition) is 6. The number of benzene rings is 1. The molecule has 0 fully saturated rings. The Kier molecular flexibility index (Phi) is 8.98. The third kappa shape index (κ3) is 8.35. The molecule has 8 nitrogen and oxygen atoms in total. The average molecular weight is 378 g/mol. The van der Waals surface area contributed by atoms with Crippen LogP contribution in [-0.4, -0.2) is 50.1 Å². The van der Waals surface area contributed by atoms with E-state index in [0.717, 1.165) is 5.56 Å². The fourth-order valence-corrected chi connectivity index (χ4v) is 2.30. The van der Waals surface area contributed by atoms with Crippen LogP contribution in [0.3, 0.4) is 0 Å². The summed E-state index contributed by atoms with van der Waals surface area (Å²) < 4.78 is 9.46. The second kappa shape index (κ2) is 10.9. The van der Waals surface area contributed by atoms with Gasteiger partial charge in [0, 0.05) is 5.56 Å². The molecule has 8 heteroatoms. The van der Waals surface area contributed by atoms with Gasteiger partial charge in [0.15, 0.2) is 6.61 Å². The number of nitrogens with one attached hydrogen (secondary N) is 2. The lowest BCUT2D eigenvalue weighted by atomic mass is 10.0. The van der Waals surface area contributed by atoms with E-state index in [0.29, 0.717) is 12.0 Å². The van der Waals surface area contributed by atoms with Crippen molar-refractivity contribution in [1.82, 2.24) is 10.6 Å². The highest BCUT2D eigenvalue weighted by Crippen LogP contribution is 2.06. The summed E-state index contributed by atoms with van der Waals surface area (Å²) in [6, 6.07) is 6.10. The summed E-state index contributed by atoms with van der Waals surface area (Å²) in [6.07, 6.45) is 0.402. The molecule has 0 radical (unpaired) electrons. The van der Waals surface area contributed by atoms with Crippen LogP contribution in [0.5, 0.6) is 0 Å². The Morgan fingerprint density at radius 3 is 2.44 bits per heavy atom. The molecule has 1 rings (SSSR count). The predicted octanol–water partition coefficient (Wildman–Crippen LogP) is 0.972. The molecule has 0 aliphatic rings. The average Bonchev–Trinajstić information content (AvgIpc) is 2.62. The largest absolute Gasteiger partial charge is 0.467 e. The van der Waals surface area contributed by atoms with Gasteiger partial charge in [-0.3, -0.25) is 14.4 Å². The summed E-state index contributed by atoms with van der Waals surface area (Å²) in [5.74, 6) is -2.19. The van der Waals surface area contributed by atoms with Crippen LogP contribution in [0.25, 0.3) is 0 Å². The maximum Gasteiger partial charge on any atom is 0.328 e. The quantitative estimate of drug-likeness (QED) is 0.620. The van der Waals surface area contributed by atoms with E-state index in [-0.39, 0.29) is 12.5 Å². The van der Waals surface area contributed by atoms with Crippen LogP contribution < -0.4 is 10.6 Å². The van der Waals surface area contributed by atoms with E-state index in [1.165, 1.54) is 7.11 Å². The van der Waals surface area contributed by atoms with Crippen LogP contribution in [0.4, 0.5) is 0 Å². The van der Waals surface area contributed by atoms with E-state index in [1.807, 2.05) is 26.8 Å². The van der Waals surface area contributed by atoms with E-state index < -0.39 is 36.4 Å². The van der Waals surface area contributed by atoms with E-state index in [9.17, 15) is 19.2 Å².